The van der Waals surface area contributed by atoms with E-state index in [4.69, 9.17) is 15.2 Å². The molecule has 3 N–H and O–H groups in total. The molecule has 2 atom stereocenters. The van der Waals surface area contributed by atoms with Crippen LogP contribution >= 0.6 is 0 Å². The van der Waals surface area contributed by atoms with Gasteiger partial charge >= 0.3 is 0 Å². The lowest BCUT2D eigenvalue weighted by Gasteiger charge is -2.35. The minimum absolute atomic E-state index is 0.0262. The fraction of sp³-hybridized carbons (Fsp3) is 0.650. The van der Waals surface area contributed by atoms with Crippen LogP contribution < -0.4 is 15.8 Å². The van der Waals surface area contributed by atoms with Crippen molar-refractivity contribution < 1.29 is 18.7 Å². The van der Waals surface area contributed by atoms with Crippen LogP contribution in [0.5, 0.6) is 5.75 Å². The third kappa shape index (κ3) is 5.89. The number of hydrogen-bond donors (Lipinski definition) is 2. The monoisotopic (exact) mass is 379 g/mol. The second kappa shape index (κ2) is 10.0. The SMILES string of the molecule is N[C@H]1CC[C@@H](C(=O)NCCOc2ccccc2F)CN(C2CCOCC2)C1. The summed E-state index contributed by atoms with van der Waals surface area (Å²) in [6, 6.07) is 6.82. The molecule has 1 aromatic carbocycles. The molecule has 0 saturated carbocycles. The molecule has 0 bridgehead atoms. The number of halogens is 1. The van der Waals surface area contributed by atoms with E-state index >= 15 is 0 Å². The Bertz CT molecular complexity index is 610. The summed E-state index contributed by atoms with van der Waals surface area (Å²) < 4.78 is 24.4. The Morgan fingerprint density at radius 1 is 1.22 bits per heavy atom. The van der Waals surface area contributed by atoms with Gasteiger partial charge in [0.25, 0.3) is 0 Å². The van der Waals surface area contributed by atoms with Crippen LogP contribution in [-0.4, -0.2) is 62.3 Å². The Morgan fingerprint density at radius 3 is 2.78 bits per heavy atom. The van der Waals surface area contributed by atoms with Gasteiger partial charge in [0.2, 0.25) is 5.91 Å². The highest BCUT2D eigenvalue weighted by Gasteiger charge is 2.31. The number of ether oxygens (including phenoxy) is 2. The van der Waals surface area contributed by atoms with Gasteiger partial charge < -0.3 is 20.5 Å². The molecule has 0 radical (unpaired) electrons. The molecule has 2 heterocycles. The lowest BCUT2D eigenvalue weighted by Crippen LogP contribution is -2.47. The Kier molecular flexibility index (Phi) is 7.43. The molecule has 2 aliphatic rings. The van der Waals surface area contributed by atoms with E-state index in [2.05, 4.69) is 10.2 Å². The van der Waals surface area contributed by atoms with Crippen molar-refractivity contribution in [1.82, 2.24) is 10.2 Å². The quantitative estimate of drug-likeness (QED) is 0.734. The Hall–Kier alpha value is -1.70. The summed E-state index contributed by atoms with van der Waals surface area (Å²) in [6.45, 7) is 3.72. The first-order valence-electron chi connectivity index (χ1n) is 9.86. The molecule has 0 aliphatic carbocycles. The van der Waals surface area contributed by atoms with Crippen molar-refractivity contribution in [2.75, 3.05) is 39.5 Å². The predicted molar refractivity (Wildman–Crippen MR) is 101 cm³/mol. The van der Waals surface area contributed by atoms with Gasteiger partial charge in [0, 0.05) is 38.4 Å². The second-order valence-corrected chi connectivity index (χ2v) is 7.40. The van der Waals surface area contributed by atoms with Crippen molar-refractivity contribution in [1.29, 1.82) is 0 Å². The summed E-state index contributed by atoms with van der Waals surface area (Å²) >= 11 is 0. The first-order chi connectivity index (χ1) is 13.1. The standard InChI is InChI=1S/C20H30FN3O3/c21-18-3-1-2-4-19(18)27-12-9-23-20(25)15-5-6-16(22)14-24(13-15)17-7-10-26-11-8-17/h1-4,15-17H,5-14,22H2,(H,23,25)/t15-,16+/m1/s1. The van der Waals surface area contributed by atoms with Gasteiger partial charge in [-0.25, -0.2) is 4.39 Å². The van der Waals surface area contributed by atoms with Gasteiger partial charge in [0.15, 0.2) is 11.6 Å². The van der Waals surface area contributed by atoms with Gasteiger partial charge in [-0.1, -0.05) is 12.1 Å². The number of benzene rings is 1. The van der Waals surface area contributed by atoms with E-state index in [9.17, 15) is 9.18 Å². The number of nitrogens with two attached hydrogens (primary N) is 1. The van der Waals surface area contributed by atoms with Crippen molar-refractivity contribution in [3.05, 3.63) is 30.1 Å². The summed E-state index contributed by atoms with van der Waals surface area (Å²) in [7, 11) is 0. The van der Waals surface area contributed by atoms with Crippen LogP contribution in [0.2, 0.25) is 0 Å². The molecule has 0 spiro atoms. The predicted octanol–water partition coefficient (Wildman–Crippen LogP) is 1.54. The third-order valence-electron chi connectivity index (χ3n) is 5.38. The van der Waals surface area contributed by atoms with Gasteiger partial charge in [-0.15, -0.1) is 0 Å². The number of carbonyl (C=O) groups is 1. The number of rotatable bonds is 6. The lowest BCUT2D eigenvalue weighted by atomic mass is 10.0. The Balaban J connectivity index is 1.46. The van der Waals surface area contributed by atoms with Crippen LogP contribution in [0.1, 0.15) is 25.7 Å². The minimum atomic E-state index is -0.395. The van der Waals surface area contributed by atoms with E-state index in [1.54, 1.807) is 18.2 Å². The largest absolute Gasteiger partial charge is 0.489 e. The van der Waals surface area contributed by atoms with E-state index in [-0.39, 0.29) is 30.2 Å². The fourth-order valence-corrected chi connectivity index (χ4v) is 3.86. The zero-order chi connectivity index (χ0) is 19.1. The van der Waals surface area contributed by atoms with Crippen molar-refractivity contribution in [2.24, 2.45) is 11.7 Å². The molecule has 27 heavy (non-hydrogen) atoms. The average Bonchev–Trinajstić information content (AvgIpc) is 2.89. The molecule has 2 aliphatic heterocycles. The number of para-hydroxylation sites is 1. The highest BCUT2D eigenvalue weighted by Crippen LogP contribution is 2.22. The van der Waals surface area contributed by atoms with Gasteiger partial charge in [0.1, 0.15) is 6.61 Å². The first kappa shape index (κ1) is 20.0. The molecule has 2 fully saturated rings. The van der Waals surface area contributed by atoms with Gasteiger partial charge in [-0.2, -0.15) is 0 Å². The topological polar surface area (TPSA) is 76.8 Å². The number of amides is 1. The smallest absolute Gasteiger partial charge is 0.224 e. The van der Waals surface area contributed by atoms with Crippen LogP contribution in [0, 0.1) is 11.7 Å². The molecule has 1 aromatic rings. The maximum atomic E-state index is 13.5. The van der Waals surface area contributed by atoms with Gasteiger partial charge in [0.05, 0.1) is 12.5 Å². The molecule has 150 valence electrons. The zero-order valence-corrected chi connectivity index (χ0v) is 15.7. The van der Waals surface area contributed by atoms with E-state index in [1.807, 2.05) is 0 Å². The van der Waals surface area contributed by atoms with Crippen LogP contribution in [0.25, 0.3) is 0 Å². The van der Waals surface area contributed by atoms with E-state index in [1.165, 1.54) is 6.07 Å². The van der Waals surface area contributed by atoms with Crippen molar-refractivity contribution in [3.8, 4) is 5.75 Å². The highest BCUT2D eigenvalue weighted by molar-refractivity contribution is 5.78. The fourth-order valence-electron chi connectivity index (χ4n) is 3.86. The normalized spacial score (nSPS) is 25.0. The Morgan fingerprint density at radius 2 is 2.00 bits per heavy atom. The van der Waals surface area contributed by atoms with E-state index in [0.29, 0.717) is 12.6 Å². The summed E-state index contributed by atoms with van der Waals surface area (Å²) in [5.74, 6) is -0.236. The summed E-state index contributed by atoms with van der Waals surface area (Å²) in [5.41, 5.74) is 6.23. The summed E-state index contributed by atoms with van der Waals surface area (Å²) in [5, 5.41) is 2.93. The molecule has 6 nitrogen and oxygen atoms in total. The van der Waals surface area contributed by atoms with Crippen LogP contribution in [0.4, 0.5) is 4.39 Å². The maximum absolute atomic E-state index is 13.5. The molecule has 0 unspecified atom stereocenters. The maximum Gasteiger partial charge on any atom is 0.224 e. The number of carbonyl (C=O) groups excluding carboxylic acids is 1. The first-order valence-corrected chi connectivity index (χ1v) is 9.86. The van der Waals surface area contributed by atoms with Gasteiger partial charge in [-0.05, 0) is 37.8 Å². The molecule has 1 amide bonds. The van der Waals surface area contributed by atoms with Crippen LogP contribution in [-0.2, 0) is 9.53 Å². The molecular formula is C20H30FN3O3. The minimum Gasteiger partial charge on any atom is -0.489 e. The number of nitrogens with one attached hydrogen (secondary N) is 1. The zero-order valence-electron chi connectivity index (χ0n) is 15.7. The van der Waals surface area contributed by atoms with Crippen LogP contribution in [0.3, 0.4) is 0 Å². The highest BCUT2D eigenvalue weighted by atomic mass is 19.1. The molecule has 7 heteroatoms. The summed E-state index contributed by atoms with van der Waals surface area (Å²) in [4.78, 5) is 15.0. The molecule has 0 aromatic heterocycles. The Labute approximate surface area is 160 Å². The van der Waals surface area contributed by atoms with E-state index in [0.717, 1.165) is 52.0 Å². The third-order valence-corrected chi connectivity index (χ3v) is 5.38. The number of likely N-dealkylation sites (tertiary alicyclic amines) is 1. The van der Waals surface area contributed by atoms with Crippen molar-refractivity contribution in [2.45, 2.75) is 37.8 Å². The number of hydrogen-bond acceptors (Lipinski definition) is 5. The molecule has 2 saturated heterocycles. The second-order valence-electron chi connectivity index (χ2n) is 7.40. The molecule has 3 rings (SSSR count). The lowest BCUT2D eigenvalue weighted by molar-refractivity contribution is -0.126. The van der Waals surface area contributed by atoms with Crippen LogP contribution in [0.15, 0.2) is 24.3 Å². The van der Waals surface area contributed by atoms with Gasteiger partial charge in [-0.3, -0.25) is 9.69 Å². The summed E-state index contributed by atoms with van der Waals surface area (Å²) in [6.07, 6.45) is 3.64. The van der Waals surface area contributed by atoms with E-state index < -0.39 is 5.82 Å². The number of nitrogens with zero attached hydrogens (tertiary/aromatic N) is 1. The van der Waals surface area contributed by atoms with Crippen molar-refractivity contribution in [3.63, 3.8) is 0 Å². The molecular weight excluding hydrogens is 349 g/mol. The average molecular weight is 379 g/mol. The van der Waals surface area contributed by atoms with Crippen molar-refractivity contribution >= 4 is 5.91 Å².